The predicted molar refractivity (Wildman–Crippen MR) is 51.0 cm³/mol. The van der Waals surface area contributed by atoms with Crippen molar-refractivity contribution in [3.63, 3.8) is 0 Å². The van der Waals surface area contributed by atoms with Gasteiger partial charge in [-0.25, -0.2) is 0 Å². The lowest BCUT2D eigenvalue weighted by Gasteiger charge is -1.95. The van der Waals surface area contributed by atoms with Gasteiger partial charge in [0, 0.05) is 21.6 Å². The SMILES string of the molecule is Clc1ccc2[nH]ccc2c1Br. The van der Waals surface area contributed by atoms with Crippen molar-refractivity contribution in [2.45, 2.75) is 0 Å². The number of nitrogens with one attached hydrogen (secondary N) is 1. The number of H-pyrrole nitrogens is 1. The highest BCUT2D eigenvalue weighted by molar-refractivity contribution is 9.10. The minimum atomic E-state index is 0.747. The second-order valence-electron chi connectivity index (χ2n) is 2.30. The molecule has 0 atom stereocenters. The average Bonchev–Trinajstić information content (AvgIpc) is 2.45. The minimum absolute atomic E-state index is 0.747. The van der Waals surface area contributed by atoms with Gasteiger partial charge in [0.05, 0.1) is 5.02 Å². The van der Waals surface area contributed by atoms with Crippen LogP contribution in [0.2, 0.25) is 5.02 Å². The number of benzene rings is 1. The highest BCUT2D eigenvalue weighted by atomic mass is 79.9. The summed E-state index contributed by atoms with van der Waals surface area (Å²) in [7, 11) is 0. The Bertz CT molecular complexity index is 394. The molecule has 56 valence electrons. The van der Waals surface area contributed by atoms with Crippen LogP contribution in [0.15, 0.2) is 28.9 Å². The van der Waals surface area contributed by atoms with Crippen LogP contribution in [0.25, 0.3) is 10.9 Å². The Morgan fingerprint density at radius 1 is 1.27 bits per heavy atom. The van der Waals surface area contributed by atoms with E-state index in [2.05, 4.69) is 20.9 Å². The van der Waals surface area contributed by atoms with Crippen LogP contribution >= 0.6 is 27.5 Å². The molecule has 0 unspecified atom stereocenters. The molecule has 1 nitrogen and oxygen atoms in total. The smallest absolute Gasteiger partial charge is 0.0555 e. The van der Waals surface area contributed by atoms with Crippen molar-refractivity contribution in [3.8, 4) is 0 Å². The zero-order chi connectivity index (χ0) is 7.84. The molecule has 0 saturated carbocycles. The van der Waals surface area contributed by atoms with Crippen LogP contribution in [0.3, 0.4) is 0 Å². The van der Waals surface area contributed by atoms with Gasteiger partial charge in [0.2, 0.25) is 0 Å². The second kappa shape index (κ2) is 2.54. The third kappa shape index (κ3) is 1.06. The molecule has 2 aromatic rings. The summed E-state index contributed by atoms with van der Waals surface area (Å²) in [6.45, 7) is 0. The monoisotopic (exact) mass is 229 g/mol. The lowest BCUT2D eigenvalue weighted by atomic mass is 10.2. The van der Waals surface area contributed by atoms with Crippen molar-refractivity contribution in [1.82, 2.24) is 4.98 Å². The van der Waals surface area contributed by atoms with Gasteiger partial charge in [0.1, 0.15) is 0 Å². The largest absolute Gasteiger partial charge is 0.361 e. The van der Waals surface area contributed by atoms with Crippen LogP contribution in [0.5, 0.6) is 0 Å². The van der Waals surface area contributed by atoms with E-state index in [0.29, 0.717) is 0 Å². The number of halogens is 2. The van der Waals surface area contributed by atoms with Gasteiger partial charge in [-0.2, -0.15) is 0 Å². The first kappa shape index (κ1) is 7.19. The van der Waals surface area contributed by atoms with E-state index >= 15 is 0 Å². The molecule has 3 heteroatoms. The molecule has 2 rings (SSSR count). The summed E-state index contributed by atoms with van der Waals surface area (Å²) in [5.74, 6) is 0. The van der Waals surface area contributed by atoms with Crippen molar-refractivity contribution in [2.75, 3.05) is 0 Å². The third-order valence-corrected chi connectivity index (χ3v) is 3.02. The number of hydrogen-bond donors (Lipinski definition) is 1. The zero-order valence-electron chi connectivity index (χ0n) is 5.57. The molecule has 0 aliphatic rings. The van der Waals surface area contributed by atoms with Gasteiger partial charge in [-0.1, -0.05) is 11.6 Å². The minimum Gasteiger partial charge on any atom is -0.361 e. The first-order valence-corrected chi connectivity index (χ1v) is 4.37. The maximum absolute atomic E-state index is 5.88. The summed E-state index contributed by atoms with van der Waals surface area (Å²) >= 11 is 9.29. The highest BCUT2D eigenvalue weighted by Gasteiger charge is 2.02. The van der Waals surface area contributed by atoms with Crippen LogP contribution in [0.4, 0.5) is 0 Å². The number of fused-ring (bicyclic) bond motifs is 1. The Balaban J connectivity index is 2.93. The van der Waals surface area contributed by atoms with Crippen LogP contribution in [0, 0.1) is 0 Å². The molecule has 0 radical (unpaired) electrons. The molecule has 1 N–H and O–H groups in total. The molecule has 0 aliphatic heterocycles. The van der Waals surface area contributed by atoms with E-state index in [1.807, 2.05) is 24.4 Å². The molecule has 0 aliphatic carbocycles. The Hall–Kier alpha value is -0.470. The second-order valence-corrected chi connectivity index (χ2v) is 3.50. The van der Waals surface area contributed by atoms with Gasteiger partial charge in [-0.3, -0.25) is 0 Å². The number of aromatic nitrogens is 1. The Labute approximate surface area is 77.5 Å². The van der Waals surface area contributed by atoms with Gasteiger partial charge < -0.3 is 4.98 Å². The standard InChI is InChI=1S/C8H5BrClN/c9-8-5-3-4-11-7(5)2-1-6(8)10/h1-4,11H. The van der Waals surface area contributed by atoms with Crippen molar-refractivity contribution in [1.29, 1.82) is 0 Å². The van der Waals surface area contributed by atoms with E-state index in [9.17, 15) is 0 Å². The van der Waals surface area contributed by atoms with E-state index in [1.54, 1.807) is 0 Å². The van der Waals surface area contributed by atoms with Gasteiger partial charge in [0.15, 0.2) is 0 Å². The fourth-order valence-electron chi connectivity index (χ4n) is 1.07. The molecule has 0 spiro atoms. The van der Waals surface area contributed by atoms with E-state index in [-0.39, 0.29) is 0 Å². The molecule has 1 aromatic heterocycles. The molecular formula is C8H5BrClN. The first-order valence-electron chi connectivity index (χ1n) is 3.20. The van der Waals surface area contributed by atoms with E-state index in [0.717, 1.165) is 20.4 Å². The van der Waals surface area contributed by atoms with Crippen LogP contribution in [0.1, 0.15) is 0 Å². The van der Waals surface area contributed by atoms with Crippen LogP contribution in [-0.4, -0.2) is 4.98 Å². The van der Waals surface area contributed by atoms with Crippen molar-refractivity contribution in [3.05, 3.63) is 33.9 Å². The third-order valence-electron chi connectivity index (χ3n) is 1.62. The first-order chi connectivity index (χ1) is 5.29. The van der Waals surface area contributed by atoms with Gasteiger partial charge in [-0.15, -0.1) is 0 Å². The summed E-state index contributed by atoms with van der Waals surface area (Å²) < 4.78 is 0.956. The molecule has 0 bridgehead atoms. The fourth-order valence-corrected chi connectivity index (χ4v) is 1.71. The number of rotatable bonds is 0. The van der Waals surface area contributed by atoms with Crippen LogP contribution in [-0.2, 0) is 0 Å². The summed E-state index contributed by atoms with van der Waals surface area (Å²) in [5, 5.41) is 1.87. The number of aromatic amines is 1. The molecule has 1 aromatic carbocycles. The van der Waals surface area contributed by atoms with Crippen LogP contribution < -0.4 is 0 Å². The molecule has 0 saturated heterocycles. The molecule has 0 fully saturated rings. The van der Waals surface area contributed by atoms with Gasteiger partial charge in [-0.05, 0) is 34.1 Å². The quantitative estimate of drug-likeness (QED) is 0.712. The van der Waals surface area contributed by atoms with E-state index in [4.69, 9.17) is 11.6 Å². The lowest BCUT2D eigenvalue weighted by molar-refractivity contribution is 1.48. The highest BCUT2D eigenvalue weighted by Crippen LogP contribution is 2.30. The number of hydrogen-bond acceptors (Lipinski definition) is 0. The van der Waals surface area contributed by atoms with Gasteiger partial charge >= 0.3 is 0 Å². The Kier molecular flexibility index (Phi) is 1.66. The molecule has 1 heterocycles. The predicted octanol–water partition coefficient (Wildman–Crippen LogP) is 3.58. The molecule has 11 heavy (non-hydrogen) atoms. The summed E-state index contributed by atoms with van der Waals surface area (Å²) in [6, 6.07) is 5.82. The van der Waals surface area contributed by atoms with Crippen molar-refractivity contribution >= 4 is 38.4 Å². The maximum atomic E-state index is 5.88. The zero-order valence-corrected chi connectivity index (χ0v) is 7.91. The maximum Gasteiger partial charge on any atom is 0.0555 e. The van der Waals surface area contributed by atoms with E-state index < -0.39 is 0 Å². The Morgan fingerprint density at radius 3 is 2.91 bits per heavy atom. The summed E-state index contributed by atoms with van der Waals surface area (Å²) in [6.07, 6.45) is 1.89. The normalized spacial score (nSPS) is 10.7. The topological polar surface area (TPSA) is 15.8 Å². The molecule has 0 amide bonds. The van der Waals surface area contributed by atoms with Crippen molar-refractivity contribution in [2.24, 2.45) is 0 Å². The average molecular weight is 230 g/mol. The Morgan fingerprint density at radius 2 is 2.09 bits per heavy atom. The summed E-state index contributed by atoms with van der Waals surface area (Å²) in [5.41, 5.74) is 1.10. The molecular weight excluding hydrogens is 225 g/mol. The van der Waals surface area contributed by atoms with E-state index in [1.165, 1.54) is 0 Å². The van der Waals surface area contributed by atoms with Gasteiger partial charge in [0.25, 0.3) is 0 Å². The lowest BCUT2D eigenvalue weighted by Crippen LogP contribution is -1.70. The summed E-state index contributed by atoms with van der Waals surface area (Å²) in [4.78, 5) is 3.10. The fraction of sp³-hybridized carbons (Fsp3) is 0. The van der Waals surface area contributed by atoms with Crippen molar-refractivity contribution < 1.29 is 0 Å².